The monoisotopic (exact) mass is 338 g/mol. The SMILES string of the molecule is COc1ccc(C)cc1CC(=O)N1C[C@@H](CN)[C@H](c2ccccc2)C1. The molecule has 1 saturated heterocycles. The van der Waals surface area contributed by atoms with Crippen molar-refractivity contribution >= 4 is 5.91 Å². The Morgan fingerprint density at radius 3 is 2.64 bits per heavy atom. The lowest BCUT2D eigenvalue weighted by Crippen LogP contribution is -2.31. The second-order valence-electron chi connectivity index (χ2n) is 6.80. The van der Waals surface area contributed by atoms with Gasteiger partial charge in [0.2, 0.25) is 5.91 Å². The van der Waals surface area contributed by atoms with Crippen molar-refractivity contribution in [2.75, 3.05) is 26.7 Å². The van der Waals surface area contributed by atoms with E-state index in [1.807, 2.05) is 48.2 Å². The molecule has 1 heterocycles. The number of likely N-dealkylation sites (tertiary alicyclic amines) is 1. The molecule has 2 atom stereocenters. The molecule has 2 N–H and O–H groups in total. The van der Waals surface area contributed by atoms with Gasteiger partial charge in [-0.25, -0.2) is 0 Å². The van der Waals surface area contributed by atoms with Crippen LogP contribution in [-0.2, 0) is 11.2 Å². The highest BCUT2D eigenvalue weighted by Gasteiger charge is 2.35. The summed E-state index contributed by atoms with van der Waals surface area (Å²) in [7, 11) is 1.64. The number of ether oxygens (including phenoxy) is 1. The van der Waals surface area contributed by atoms with E-state index in [-0.39, 0.29) is 5.91 Å². The smallest absolute Gasteiger partial charge is 0.227 e. The minimum Gasteiger partial charge on any atom is -0.496 e. The largest absolute Gasteiger partial charge is 0.496 e. The van der Waals surface area contributed by atoms with Gasteiger partial charge >= 0.3 is 0 Å². The Kier molecular flexibility index (Phi) is 5.39. The highest BCUT2D eigenvalue weighted by atomic mass is 16.5. The van der Waals surface area contributed by atoms with Gasteiger partial charge in [-0.1, -0.05) is 48.0 Å². The fraction of sp³-hybridized carbons (Fsp3) is 0.381. The molecule has 1 aliphatic heterocycles. The third-order valence-corrected chi connectivity index (χ3v) is 5.10. The molecule has 25 heavy (non-hydrogen) atoms. The average Bonchev–Trinajstić information content (AvgIpc) is 3.07. The first-order valence-electron chi connectivity index (χ1n) is 8.78. The van der Waals surface area contributed by atoms with E-state index in [1.165, 1.54) is 5.56 Å². The second kappa shape index (κ2) is 7.70. The molecule has 1 fully saturated rings. The van der Waals surface area contributed by atoms with E-state index in [1.54, 1.807) is 7.11 Å². The molecule has 0 aliphatic carbocycles. The van der Waals surface area contributed by atoms with E-state index in [2.05, 4.69) is 12.1 Å². The number of nitrogens with two attached hydrogens (primary N) is 1. The third-order valence-electron chi connectivity index (χ3n) is 5.10. The molecule has 3 rings (SSSR count). The highest BCUT2D eigenvalue weighted by molar-refractivity contribution is 5.80. The molecule has 132 valence electrons. The number of nitrogens with zero attached hydrogens (tertiary/aromatic N) is 1. The molecule has 0 bridgehead atoms. The summed E-state index contributed by atoms with van der Waals surface area (Å²) in [6, 6.07) is 16.3. The van der Waals surface area contributed by atoms with Crippen LogP contribution in [0.5, 0.6) is 5.75 Å². The van der Waals surface area contributed by atoms with Crippen molar-refractivity contribution in [3.63, 3.8) is 0 Å². The molecule has 0 aromatic heterocycles. The molecule has 4 heteroatoms. The maximum absolute atomic E-state index is 12.9. The summed E-state index contributed by atoms with van der Waals surface area (Å²) in [5, 5.41) is 0. The van der Waals surface area contributed by atoms with Gasteiger partial charge in [-0.2, -0.15) is 0 Å². The van der Waals surface area contributed by atoms with Crippen molar-refractivity contribution in [3.8, 4) is 5.75 Å². The molecule has 0 unspecified atom stereocenters. The zero-order chi connectivity index (χ0) is 17.8. The van der Waals surface area contributed by atoms with Gasteiger partial charge in [-0.3, -0.25) is 4.79 Å². The molecular weight excluding hydrogens is 312 g/mol. The van der Waals surface area contributed by atoms with E-state index >= 15 is 0 Å². The van der Waals surface area contributed by atoms with Crippen molar-refractivity contribution in [2.24, 2.45) is 11.7 Å². The number of carbonyl (C=O) groups excluding carboxylic acids is 1. The highest BCUT2D eigenvalue weighted by Crippen LogP contribution is 2.32. The summed E-state index contributed by atoms with van der Waals surface area (Å²) in [5.74, 6) is 1.54. The maximum atomic E-state index is 12.9. The van der Waals surface area contributed by atoms with Crippen LogP contribution in [0, 0.1) is 12.8 Å². The Hall–Kier alpha value is -2.33. The number of methoxy groups -OCH3 is 1. The quantitative estimate of drug-likeness (QED) is 0.912. The first-order valence-corrected chi connectivity index (χ1v) is 8.78. The average molecular weight is 338 g/mol. The molecular formula is C21H26N2O2. The van der Waals surface area contributed by atoms with Gasteiger partial charge in [0.1, 0.15) is 5.75 Å². The zero-order valence-electron chi connectivity index (χ0n) is 14.9. The number of rotatable bonds is 5. The molecule has 1 aliphatic rings. The molecule has 0 radical (unpaired) electrons. The van der Waals surface area contributed by atoms with E-state index < -0.39 is 0 Å². The number of carbonyl (C=O) groups is 1. The van der Waals surface area contributed by atoms with Crippen LogP contribution in [0.15, 0.2) is 48.5 Å². The minimum atomic E-state index is 0.140. The lowest BCUT2D eigenvalue weighted by Gasteiger charge is -2.18. The molecule has 0 saturated carbocycles. The molecule has 2 aromatic rings. The van der Waals surface area contributed by atoms with Crippen LogP contribution in [0.3, 0.4) is 0 Å². The predicted molar refractivity (Wildman–Crippen MR) is 99.7 cm³/mol. The van der Waals surface area contributed by atoms with Gasteiger partial charge in [-0.15, -0.1) is 0 Å². The minimum absolute atomic E-state index is 0.140. The summed E-state index contributed by atoms with van der Waals surface area (Å²) in [6.07, 6.45) is 0.365. The molecule has 4 nitrogen and oxygen atoms in total. The summed E-state index contributed by atoms with van der Waals surface area (Å²) in [4.78, 5) is 14.8. The lowest BCUT2D eigenvalue weighted by atomic mass is 9.89. The Balaban J connectivity index is 1.74. The van der Waals surface area contributed by atoms with Crippen molar-refractivity contribution < 1.29 is 9.53 Å². The topological polar surface area (TPSA) is 55.6 Å². The van der Waals surface area contributed by atoms with Gasteiger partial charge in [-0.05, 0) is 31.0 Å². The Morgan fingerprint density at radius 2 is 1.96 bits per heavy atom. The summed E-state index contributed by atoms with van der Waals surface area (Å²) >= 11 is 0. The first-order chi connectivity index (χ1) is 12.1. The van der Waals surface area contributed by atoms with Crippen LogP contribution in [0.25, 0.3) is 0 Å². The number of aryl methyl sites for hydroxylation is 1. The van der Waals surface area contributed by atoms with Gasteiger partial charge in [0.05, 0.1) is 13.5 Å². The molecule has 1 amide bonds. The number of amides is 1. The van der Waals surface area contributed by atoms with Crippen LogP contribution in [0.4, 0.5) is 0 Å². The summed E-state index contributed by atoms with van der Waals surface area (Å²) < 4.78 is 5.41. The number of hydrogen-bond acceptors (Lipinski definition) is 3. The van der Waals surface area contributed by atoms with E-state index in [9.17, 15) is 4.79 Å². The van der Waals surface area contributed by atoms with E-state index in [0.717, 1.165) is 30.0 Å². The van der Waals surface area contributed by atoms with Crippen LogP contribution >= 0.6 is 0 Å². The Labute approximate surface area is 149 Å². The lowest BCUT2D eigenvalue weighted by molar-refractivity contribution is -0.129. The fourth-order valence-corrected chi connectivity index (χ4v) is 3.71. The van der Waals surface area contributed by atoms with Gasteiger partial charge in [0.15, 0.2) is 0 Å². The van der Waals surface area contributed by atoms with Crippen molar-refractivity contribution in [2.45, 2.75) is 19.3 Å². The summed E-state index contributed by atoms with van der Waals surface area (Å²) in [5.41, 5.74) is 9.33. The van der Waals surface area contributed by atoms with Crippen molar-refractivity contribution in [1.29, 1.82) is 0 Å². The van der Waals surface area contributed by atoms with Gasteiger partial charge < -0.3 is 15.4 Å². The number of benzene rings is 2. The van der Waals surface area contributed by atoms with Crippen LogP contribution in [0.1, 0.15) is 22.6 Å². The summed E-state index contributed by atoms with van der Waals surface area (Å²) in [6.45, 7) is 4.08. The van der Waals surface area contributed by atoms with E-state index in [4.69, 9.17) is 10.5 Å². The zero-order valence-corrected chi connectivity index (χ0v) is 14.9. The van der Waals surface area contributed by atoms with Gasteiger partial charge in [0, 0.05) is 24.6 Å². The second-order valence-corrected chi connectivity index (χ2v) is 6.80. The normalized spacial score (nSPS) is 19.9. The number of hydrogen-bond donors (Lipinski definition) is 1. The van der Waals surface area contributed by atoms with Crippen LogP contribution in [0.2, 0.25) is 0 Å². The predicted octanol–water partition coefficient (Wildman–Crippen LogP) is 2.75. The Morgan fingerprint density at radius 1 is 1.20 bits per heavy atom. The van der Waals surface area contributed by atoms with Crippen molar-refractivity contribution in [1.82, 2.24) is 4.90 Å². The molecule has 0 spiro atoms. The fourth-order valence-electron chi connectivity index (χ4n) is 3.71. The first kappa shape index (κ1) is 17.5. The molecule has 2 aromatic carbocycles. The third kappa shape index (κ3) is 3.85. The maximum Gasteiger partial charge on any atom is 0.227 e. The van der Waals surface area contributed by atoms with E-state index in [0.29, 0.717) is 24.8 Å². The Bertz CT molecular complexity index is 730. The van der Waals surface area contributed by atoms with Gasteiger partial charge in [0.25, 0.3) is 0 Å². The van der Waals surface area contributed by atoms with Crippen LogP contribution in [-0.4, -0.2) is 37.6 Å². The standard InChI is InChI=1S/C21H26N2O2/c1-15-8-9-20(25-2)17(10-15)11-21(24)23-13-18(12-22)19(14-23)16-6-4-3-5-7-16/h3-10,18-19H,11-14,22H2,1-2H3/t18-,19+/m1/s1. The van der Waals surface area contributed by atoms with Crippen molar-refractivity contribution in [3.05, 3.63) is 65.2 Å². The van der Waals surface area contributed by atoms with Crippen LogP contribution < -0.4 is 10.5 Å².